The number of thiocarbonyl (C=S) groups is 1. The number of rotatable bonds is 5. The molecule has 1 aliphatic rings. The van der Waals surface area contributed by atoms with E-state index in [0.717, 1.165) is 11.8 Å². The Hall–Kier alpha value is -2.23. The monoisotopic (exact) mass is 362 g/mol. The molecule has 7 nitrogen and oxygen atoms in total. The molecule has 1 fully saturated rings. The second-order valence-electron chi connectivity index (χ2n) is 4.96. The van der Waals surface area contributed by atoms with Gasteiger partial charge in [-0.3, -0.25) is 14.0 Å². The molecule has 1 amide bonds. The minimum Gasteiger partial charge on any atom is -0.396 e. The molecule has 1 aliphatic heterocycles. The molecular formula is C15H14N4O3S2. The van der Waals surface area contributed by atoms with Gasteiger partial charge in [0.2, 0.25) is 0 Å². The molecular weight excluding hydrogens is 348 g/mol. The Balaban J connectivity index is 2.12. The third-order valence-corrected chi connectivity index (χ3v) is 4.48. The minimum absolute atomic E-state index is 0.0303. The Morgan fingerprint density at radius 2 is 2.25 bits per heavy atom. The fourth-order valence-electron chi connectivity index (χ4n) is 2.21. The van der Waals surface area contributed by atoms with Crippen LogP contribution >= 0.6 is 24.0 Å². The Morgan fingerprint density at radius 1 is 1.42 bits per heavy atom. The number of pyridine rings is 1. The van der Waals surface area contributed by atoms with Gasteiger partial charge in [-0.25, -0.2) is 4.98 Å². The zero-order valence-corrected chi connectivity index (χ0v) is 14.1. The first kappa shape index (κ1) is 16.6. The number of thioether (sulfide) groups is 1. The molecule has 2 aromatic heterocycles. The number of nitrogens with zero attached hydrogens (tertiary/aromatic N) is 2. The van der Waals surface area contributed by atoms with Gasteiger partial charge in [0.15, 0.2) is 0 Å². The summed E-state index contributed by atoms with van der Waals surface area (Å²) in [6, 6.07) is 5.25. The molecule has 0 aliphatic carbocycles. The molecule has 0 aromatic carbocycles. The van der Waals surface area contributed by atoms with Crippen molar-refractivity contribution in [3.8, 4) is 0 Å². The van der Waals surface area contributed by atoms with Gasteiger partial charge in [0, 0.05) is 19.3 Å². The van der Waals surface area contributed by atoms with Gasteiger partial charge in [0.1, 0.15) is 15.8 Å². The van der Waals surface area contributed by atoms with Crippen LogP contribution in [-0.4, -0.2) is 37.9 Å². The number of amides is 1. The van der Waals surface area contributed by atoms with Crippen LogP contribution in [0.3, 0.4) is 0 Å². The van der Waals surface area contributed by atoms with E-state index in [-0.39, 0.29) is 23.6 Å². The summed E-state index contributed by atoms with van der Waals surface area (Å²) in [7, 11) is 0. The lowest BCUT2D eigenvalue weighted by Gasteiger charge is -2.10. The smallest absolute Gasteiger partial charge is 0.267 e. The second-order valence-corrected chi connectivity index (χ2v) is 6.68. The standard InChI is InChI=1S/C15H14N4O3S2/c20-7-3-5-16-12-9(8-10-13(21)18-15(23)24-10)14(22)19-6-2-1-4-11(19)17-12/h1-2,4,6,8,16,20H,3,5,7H2,(H,18,21,23)/b10-8-. The van der Waals surface area contributed by atoms with E-state index in [2.05, 4.69) is 15.6 Å². The number of aromatic nitrogens is 2. The van der Waals surface area contributed by atoms with Crippen molar-refractivity contribution in [2.75, 3.05) is 18.5 Å². The highest BCUT2D eigenvalue weighted by Gasteiger charge is 2.23. The lowest BCUT2D eigenvalue weighted by molar-refractivity contribution is -0.115. The quantitative estimate of drug-likeness (QED) is 0.414. The summed E-state index contributed by atoms with van der Waals surface area (Å²) in [6.45, 7) is 0.488. The van der Waals surface area contributed by atoms with Gasteiger partial charge >= 0.3 is 0 Å². The Bertz CT molecular complexity index is 907. The first-order chi connectivity index (χ1) is 11.6. The highest BCUT2D eigenvalue weighted by Crippen LogP contribution is 2.26. The summed E-state index contributed by atoms with van der Waals surface area (Å²) in [6.07, 6.45) is 3.64. The molecule has 0 atom stereocenters. The van der Waals surface area contributed by atoms with Gasteiger partial charge in [-0.05, 0) is 24.6 Å². The van der Waals surface area contributed by atoms with Crippen molar-refractivity contribution < 1.29 is 9.90 Å². The molecule has 124 valence electrons. The molecule has 9 heteroatoms. The second kappa shape index (κ2) is 7.12. The van der Waals surface area contributed by atoms with Crippen molar-refractivity contribution >= 4 is 51.7 Å². The lowest BCUT2D eigenvalue weighted by atomic mass is 10.2. The fourth-order valence-corrected chi connectivity index (χ4v) is 3.23. The fraction of sp³-hybridized carbons (Fsp3) is 0.200. The molecule has 3 N–H and O–H groups in total. The van der Waals surface area contributed by atoms with Crippen molar-refractivity contribution in [3.05, 3.63) is 45.2 Å². The Morgan fingerprint density at radius 3 is 2.96 bits per heavy atom. The van der Waals surface area contributed by atoms with E-state index < -0.39 is 0 Å². The SMILES string of the molecule is O=C1NC(=S)S/C1=C\c1c(NCCCO)nc2ccccn2c1=O. The van der Waals surface area contributed by atoms with E-state index in [1.807, 2.05) is 0 Å². The first-order valence-corrected chi connectivity index (χ1v) is 8.43. The number of anilines is 1. The average Bonchev–Trinajstić information content (AvgIpc) is 2.88. The van der Waals surface area contributed by atoms with E-state index in [1.165, 1.54) is 10.5 Å². The zero-order valence-electron chi connectivity index (χ0n) is 12.5. The minimum atomic E-state index is -0.330. The predicted octanol–water partition coefficient (Wildman–Crippen LogP) is 0.978. The van der Waals surface area contributed by atoms with Gasteiger partial charge in [0.05, 0.1) is 10.5 Å². The van der Waals surface area contributed by atoms with E-state index >= 15 is 0 Å². The maximum absolute atomic E-state index is 12.8. The topological polar surface area (TPSA) is 95.7 Å². The number of aliphatic hydroxyl groups excluding tert-OH is 1. The summed E-state index contributed by atoms with van der Waals surface area (Å²) in [4.78, 5) is 29.4. The first-order valence-electron chi connectivity index (χ1n) is 7.21. The molecule has 1 saturated heterocycles. The Kier molecular flexibility index (Phi) is 4.93. The largest absolute Gasteiger partial charge is 0.396 e. The summed E-state index contributed by atoms with van der Waals surface area (Å²) < 4.78 is 1.77. The molecule has 0 spiro atoms. The van der Waals surface area contributed by atoms with E-state index in [0.29, 0.717) is 33.7 Å². The number of aliphatic hydroxyl groups is 1. The number of nitrogens with one attached hydrogen (secondary N) is 2. The van der Waals surface area contributed by atoms with Crippen LogP contribution in [0.5, 0.6) is 0 Å². The van der Waals surface area contributed by atoms with Crippen LogP contribution in [0.15, 0.2) is 34.1 Å². The van der Waals surface area contributed by atoms with Crippen molar-refractivity contribution in [3.63, 3.8) is 0 Å². The maximum atomic E-state index is 12.8. The van der Waals surface area contributed by atoms with Crippen molar-refractivity contribution in [2.45, 2.75) is 6.42 Å². The van der Waals surface area contributed by atoms with Crippen LogP contribution in [-0.2, 0) is 4.79 Å². The van der Waals surface area contributed by atoms with Crippen molar-refractivity contribution in [2.24, 2.45) is 0 Å². The van der Waals surface area contributed by atoms with Crippen LogP contribution in [0.2, 0.25) is 0 Å². The van der Waals surface area contributed by atoms with Gasteiger partial charge in [0.25, 0.3) is 11.5 Å². The predicted molar refractivity (Wildman–Crippen MR) is 98.0 cm³/mol. The number of fused-ring (bicyclic) bond motifs is 1. The number of carbonyl (C=O) groups excluding carboxylic acids is 1. The van der Waals surface area contributed by atoms with Crippen LogP contribution in [0, 0.1) is 0 Å². The van der Waals surface area contributed by atoms with Gasteiger partial charge < -0.3 is 15.7 Å². The number of hydrogen-bond donors (Lipinski definition) is 3. The molecule has 0 saturated carbocycles. The molecule has 2 aromatic rings. The summed E-state index contributed by atoms with van der Waals surface area (Å²) >= 11 is 6.07. The molecule has 0 unspecified atom stereocenters. The third kappa shape index (κ3) is 3.32. The maximum Gasteiger partial charge on any atom is 0.267 e. The normalized spacial score (nSPS) is 16.0. The summed E-state index contributed by atoms with van der Waals surface area (Å²) in [5.74, 6) is 0.0437. The highest BCUT2D eigenvalue weighted by molar-refractivity contribution is 8.26. The van der Waals surface area contributed by atoms with Gasteiger partial charge in [-0.15, -0.1) is 0 Å². The molecule has 3 heterocycles. The van der Waals surface area contributed by atoms with E-state index in [4.69, 9.17) is 17.3 Å². The van der Waals surface area contributed by atoms with Crippen LogP contribution in [0.1, 0.15) is 12.0 Å². The highest BCUT2D eigenvalue weighted by atomic mass is 32.2. The summed E-state index contributed by atoms with van der Waals surface area (Å²) in [5, 5.41) is 14.5. The van der Waals surface area contributed by atoms with Gasteiger partial charge in [-0.2, -0.15) is 0 Å². The zero-order chi connectivity index (χ0) is 17.1. The van der Waals surface area contributed by atoms with E-state index in [1.54, 1.807) is 24.4 Å². The third-order valence-electron chi connectivity index (χ3n) is 3.31. The van der Waals surface area contributed by atoms with Crippen LogP contribution in [0.4, 0.5) is 5.82 Å². The van der Waals surface area contributed by atoms with Crippen molar-refractivity contribution in [1.29, 1.82) is 0 Å². The van der Waals surface area contributed by atoms with Crippen LogP contribution in [0.25, 0.3) is 11.7 Å². The van der Waals surface area contributed by atoms with Gasteiger partial charge in [-0.1, -0.05) is 30.0 Å². The number of carbonyl (C=O) groups is 1. The molecule has 0 radical (unpaired) electrons. The molecule has 3 rings (SSSR count). The average molecular weight is 362 g/mol. The Labute approximate surface area is 146 Å². The van der Waals surface area contributed by atoms with Crippen LogP contribution < -0.4 is 16.2 Å². The number of hydrogen-bond acceptors (Lipinski definition) is 7. The van der Waals surface area contributed by atoms with E-state index in [9.17, 15) is 9.59 Å². The molecule has 24 heavy (non-hydrogen) atoms. The van der Waals surface area contributed by atoms with Crippen molar-refractivity contribution in [1.82, 2.24) is 14.7 Å². The lowest BCUT2D eigenvalue weighted by Crippen LogP contribution is -2.22. The summed E-state index contributed by atoms with van der Waals surface area (Å²) in [5.41, 5.74) is 0.486. The molecule has 0 bridgehead atoms.